The lowest BCUT2D eigenvalue weighted by Gasteiger charge is -2.29. The Morgan fingerprint density at radius 1 is 0.974 bits per heavy atom. The molecular formula is C32H42N4O3. The van der Waals surface area contributed by atoms with Crippen LogP contribution in [0.4, 0.5) is 0 Å². The molecule has 0 bridgehead atoms. The molecule has 0 saturated carbocycles. The van der Waals surface area contributed by atoms with Gasteiger partial charge in [0, 0.05) is 35.5 Å². The van der Waals surface area contributed by atoms with E-state index in [0.29, 0.717) is 25.8 Å². The first-order valence-electron chi connectivity index (χ1n) is 14.3. The molecule has 2 amide bonds. The quantitative estimate of drug-likeness (QED) is 0.275. The normalized spacial score (nSPS) is 15.2. The fraction of sp³-hybridized carbons (Fsp3) is 0.469. The topological polar surface area (TPSA) is 94.3 Å². The Morgan fingerprint density at radius 2 is 1.69 bits per heavy atom. The van der Waals surface area contributed by atoms with Crippen molar-refractivity contribution >= 4 is 28.5 Å². The number of aromatic amines is 1. The Hall–Kier alpha value is -3.45. The van der Waals surface area contributed by atoms with Gasteiger partial charge in [0.05, 0.1) is 0 Å². The molecule has 1 atom stereocenters. The third kappa shape index (κ3) is 8.02. The molecule has 1 aromatic heterocycles. The molecule has 7 heteroatoms. The number of fused-ring (bicyclic) bond motifs is 1. The zero-order chi connectivity index (χ0) is 27.6. The third-order valence-corrected chi connectivity index (χ3v) is 7.79. The van der Waals surface area contributed by atoms with E-state index in [1.54, 1.807) is 6.92 Å². The Bertz CT molecular complexity index is 1240. The van der Waals surface area contributed by atoms with Gasteiger partial charge in [-0.3, -0.25) is 9.59 Å². The van der Waals surface area contributed by atoms with Crippen LogP contribution in [0.5, 0.6) is 0 Å². The van der Waals surface area contributed by atoms with Gasteiger partial charge in [-0.1, -0.05) is 61.4 Å². The summed E-state index contributed by atoms with van der Waals surface area (Å²) in [5.41, 5.74) is 4.44. The number of rotatable bonds is 13. The second kappa shape index (κ2) is 14.1. The van der Waals surface area contributed by atoms with Gasteiger partial charge >= 0.3 is 0 Å². The molecule has 1 aliphatic rings. The van der Waals surface area contributed by atoms with E-state index in [1.165, 1.54) is 5.56 Å². The summed E-state index contributed by atoms with van der Waals surface area (Å²) in [6.07, 6.45) is 5.92. The molecule has 39 heavy (non-hydrogen) atoms. The van der Waals surface area contributed by atoms with E-state index in [1.807, 2.05) is 30.3 Å². The van der Waals surface area contributed by atoms with Crippen LogP contribution in [-0.2, 0) is 20.8 Å². The second-order valence-electron chi connectivity index (χ2n) is 10.9. The number of likely N-dealkylation sites (tertiary alicyclic amines) is 1. The van der Waals surface area contributed by atoms with Crippen LogP contribution < -0.4 is 10.6 Å². The number of carbonyl (C=O) groups excluding carboxylic acids is 3. The van der Waals surface area contributed by atoms with Gasteiger partial charge in [0.2, 0.25) is 11.8 Å². The minimum atomic E-state index is -0.564. The molecule has 0 aliphatic carbocycles. The Labute approximate surface area is 231 Å². The van der Waals surface area contributed by atoms with Gasteiger partial charge in [-0.2, -0.15) is 0 Å². The van der Waals surface area contributed by atoms with E-state index in [9.17, 15) is 14.4 Å². The molecule has 208 valence electrons. The summed E-state index contributed by atoms with van der Waals surface area (Å²) < 4.78 is 0. The first-order valence-corrected chi connectivity index (χ1v) is 14.3. The smallest absolute Gasteiger partial charge is 0.242 e. The van der Waals surface area contributed by atoms with Gasteiger partial charge in [0.15, 0.2) is 0 Å². The highest BCUT2D eigenvalue weighted by Gasteiger charge is 2.27. The number of nitrogens with one attached hydrogen (secondary N) is 3. The van der Waals surface area contributed by atoms with Crippen molar-refractivity contribution in [2.75, 3.05) is 26.7 Å². The first kappa shape index (κ1) is 28.6. The average molecular weight is 531 g/mol. The lowest BCUT2D eigenvalue weighted by atomic mass is 9.95. The van der Waals surface area contributed by atoms with Gasteiger partial charge in [-0.05, 0) is 76.4 Å². The Balaban J connectivity index is 1.40. The number of ketones is 1. The van der Waals surface area contributed by atoms with Gasteiger partial charge in [-0.25, -0.2) is 0 Å². The summed E-state index contributed by atoms with van der Waals surface area (Å²) >= 11 is 0. The van der Waals surface area contributed by atoms with Crippen molar-refractivity contribution < 1.29 is 14.4 Å². The van der Waals surface area contributed by atoms with Crippen LogP contribution in [0.15, 0.2) is 54.6 Å². The summed E-state index contributed by atoms with van der Waals surface area (Å²) in [5.74, 6) is -0.0141. The summed E-state index contributed by atoms with van der Waals surface area (Å²) in [6.45, 7) is 3.88. The van der Waals surface area contributed by atoms with Crippen molar-refractivity contribution in [3.05, 3.63) is 60.2 Å². The maximum atomic E-state index is 13.3. The maximum absolute atomic E-state index is 13.3. The summed E-state index contributed by atoms with van der Waals surface area (Å²) in [7, 11) is 2.07. The fourth-order valence-corrected chi connectivity index (χ4v) is 5.47. The molecule has 0 unspecified atom stereocenters. The number of H-pyrrole nitrogens is 1. The highest BCUT2D eigenvalue weighted by Crippen LogP contribution is 2.30. The largest absolute Gasteiger partial charge is 0.354 e. The maximum Gasteiger partial charge on any atom is 0.242 e. The van der Waals surface area contributed by atoms with Crippen molar-refractivity contribution in [2.24, 2.45) is 5.92 Å². The van der Waals surface area contributed by atoms with Crippen LogP contribution in [-0.4, -0.2) is 60.2 Å². The molecule has 2 aromatic carbocycles. The number of hydrogen-bond donors (Lipinski definition) is 3. The van der Waals surface area contributed by atoms with Crippen LogP contribution in [0, 0.1) is 5.92 Å². The molecule has 7 nitrogen and oxygen atoms in total. The van der Waals surface area contributed by atoms with Crippen LogP contribution in [0.3, 0.4) is 0 Å². The molecule has 4 rings (SSSR count). The molecule has 0 spiro atoms. The highest BCUT2D eigenvalue weighted by atomic mass is 16.2. The van der Waals surface area contributed by atoms with Crippen molar-refractivity contribution in [1.29, 1.82) is 0 Å². The fourth-order valence-electron chi connectivity index (χ4n) is 5.47. The molecule has 1 fully saturated rings. The number of nitrogens with zero attached hydrogens (tertiary/aromatic N) is 1. The summed E-state index contributed by atoms with van der Waals surface area (Å²) in [6, 6.07) is 17.9. The van der Waals surface area contributed by atoms with Crippen molar-refractivity contribution in [3.8, 4) is 11.3 Å². The lowest BCUT2D eigenvalue weighted by Crippen LogP contribution is -2.50. The summed E-state index contributed by atoms with van der Waals surface area (Å²) in [4.78, 5) is 43.5. The van der Waals surface area contributed by atoms with E-state index < -0.39 is 6.04 Å². The number of Topliss-reactive ketones (excluding diaryl/α,β-unsaturated/α-hetero) is 1. The van der Waals surface area contributed by atoms with Gasteiger partial charge in [0.25, 0.3) is 0 Å². The molecule has 0 radical (unpaired) electrons. The van der Waals surface area contributed by atoms with Gasteiger partial charge in [-0.15, -0.1) is 0 Å². The predicted octanol–water partition coefficient (Wildman–Crippen LogP) is 4.86. The standard InChI is InChI=1S/C32H42N4O3/c1-23(37)11-5-3-8-16-29(35-31(38)25-18-21-36(2)22-19-25)32(39)33-20-17-27-26-14-9-10-15-28(26)34-30(27)24-12-6-4-7-13-24/h4,6-7,9-10,12-15,25,29,34H,3,5,8,11,16-22H2,1-2H3,(H,33,39)(H,35,38)/t29-/m0/s1. The first-order chi connectivity index (χ1) is 18.9. The predicted molar refractivity (Wildman–Crippen MR) is 156 cm³/mol. The van der Waals surface area contributed by atoms with E-state index in [4.69, 9.17) is 0 Å². The lowest BCUT2D eigenvalue weighted by molar-refractivity contribution is -0.132. The molecule has 3 aromatic rings. The number of benzene rings is 2. The number of hydrogen-bond acceptors (Lipinski definition) is 4. The van der Waals surface area contributed by atoms with Crippen LogP contribution in [0.1, 0.15) is 57.4 Å². The zero-order valence-corrected chi connectivity index (χ0v) is 23.3. The third-order valence-electron chi connectivity index (χ3n) is 7.79. The van der Waals surface area contributed by atoms with Crippen molar-refractivity contribution in [3.63, 3.8) is 0 Å². The van der Waals surface area contributed by atoms with Crippen LogP contribution in [0.25, 0.3) is 22.2 Å². The second-order valence-corrected chi connectivity index (χ2v) is 10.9. The monoisotopic (exact) mass is 530 g/mol. The van der Waals surface area contributed by atoms with E-state index >= 15 is 0 Å². The molecule has 1 saturated heterocycles. The van der Waals surface area contributed by atoms with E-state index in [0.717, 1.165) is 67.4 Å². The average Bonchev–Trinajstić information content (AvgIpc) is 3.31. The van der Waals surface area contributed by atoms with Crippen LogP contribution in [0.2, 0.25) is 0 Å². The van der Waals surface area contributed by atoms with Crippen LogP contribution >= 0.6 is 0 Å². The minimum absolute atomic E-state index is 0.0185. The van der Waals surface area contributed by atoms with Crippen molar-refractivity contribution in [2.45, 2.75) is 64.3 Å². The molecular weight excluding hydrogens is 488 g/mol. The number of para-hydroxylation sites is 1. The van der Waals surface area contributed by atoms with Gasteiger partial charge < -0.3 is 25.3 Å². The molecule has 1 aliphatic heterocycles. The number of piperidine rings is 1. The number of amides is 2. The zero-order valence-electron chi connectivity index (χ0n) is 23.3. The summed E-state index contributed by atoms with van der Waals surface area (Å²) in [5, 5.41) is 7.33. The number of carbonyl (C=O) groups is 3. The molecule has 3 N–H and O–H groups in total. The Morgan fingerprint density at radius 3 is 2.44 bits per heavy atom. The molecule has 2 heterocycles. The van der Waals surface area contributed by atoms with E-state index in [2.05, 4.69) is 51.8 Å². The van der Waals surface area contributed by atoms with E-state index in [-0.39, 0.29) is 23.5 Å². The SMILES string of the molecule is CC(=O)CCCCC[C@H](NC(=O)C1CCN(C)CC1)C(=O)NCCc1c(-c2ccccc2)[nH]c2ccccc12. The minimum Gasteiger partial charge on any atom is -0.354 e. The number of unbranched alkanes of at least 4 members (excludes halogenated alkanes) is 2. The van der Waals surface area contributed by atoms with Gasteiger partial charge in [0.1, 0.15) is 11.8 Å². The number of aromatic nitrogens is 1. The highest BCUT2D eigenvalue weighted by molar-refractivity contribution is 5.91. The Kier molecular flexibility index (Phi) is 10.3. The van der Waals surface area contributed by atoms with Crippen molar-refractivity contribution in [1.82, 2.24) is 20.5 Å².